The first-order valence-electron chi connectivity index (χ1n) is 9.21. The molecule has 0 saturated carbocycles. The van der Waals surface area contributed by atoms with Crippen molar-refractivity contribution in [2.75, 3.05) is 53.7 Å². The van der Waals surface area contributed by atoms with Crippen LogP contribution in [0, 0.1) is 0 Å². The molecular weight excluding hydrogens is 342 g/mol. The summed E-state index contributed by atoms with van der Waals surface area (Å²) in [7, 11) is 3.31. The zero-order valence-electron chi connectivity index (χ0n) is 16.0. The van der Waals surface area contributed by atoms with Gasteiger partial charge < -0.3 is 18.9 Å². The summed E-state index contributed by atoms with van der Waals surface area (Å²) in [6.45, 7) is 5.24. The molecule has 0 bridgehead atoms. The van der Waals surface area contributed by atoms with Gasteiger partial charge in [-0.15, -0.1) is 0 Å². The van der Waals surface area contributed by atoms with Crippen LogP contribution in [0.2, 0.25) is 0 Å². The Morgan fingerprint density at radius 1 is 0.852 bits per heavy atom. The molecule has 0 radical (unpaired) electrons. The smallest absolute Gasteiger partial charge is 0.123 e. The van der Waals surface area contributed by atoms with Gasteiger partial charge in [0.15, 0.2) is 0 Å². The Hall–Kier alpha value is -2.50. The van der Waals surface area contributed by atoms with Crippen molar-refractivity contribution in [3.8, 4) is 17.2 Å². The average molecular weight is 369 g/mol. The minimum absolute atomic E-state index is 0.693. The van der Waals surface area contributed by atoms with Crippen LogP contribution < -0.4 is 14.2 Å². The first-order valence-corrected chi connectivity index (χ1v) is 9.21. The third-order valence-electron chi connectivity index (χ3n) is 4.50. The molecule has 0 aromatic heterocycles. The Bertz CT molecular complexity index is 714. The van der Waals surface area contributed by atoms with Crippen molar-refractivity contribution in [2.24, 2.45) is 0 Å². The quantitative estimate of drug-likeness (QED) is 0.665. The topological polar surface area (TPSA) is 40.2 Å². The Morgan fingerprint density at radius 3 is 2.11 bits per heavy atom. The van der Waals surface area contributed by atoms with Crippen molar-refractivity contribution < 1.29 is 18.9 Å². The van der Waals surface area contributed by atoms with Crippen LogP contribution in [0.5, 0.6) is 17.2 Å². The van der Waals surface area contributed by atoms with E-state index in [2.05, 4.69) is 23.1 Å². The monoisotopic (exact) mass is 369 g/mol. The van der Waals surface area contributed by atoms with E-state index in [1.165, 1.54) is 0 Å². The summed E-state index contributed by atoms with van der Waals surface area (Å²) in [5.41, 5.74) is 2.13. The molecule has 0 spiro atoms. The molecule has 2 aromatic carbocycles. The second-order valence-electron chi connectivity index (χ2n) is 6.35. The third-order valence-corrected chi connectivity index (χ3v) is 4.50. The van der Waals surface area contributed by atoms with Crippen LogP contribution in [0.1, 0.15) is 11.1 Å². The predicted octanol–water partition coefficient (Wildman–Crippen LogP) is 3.59. The van der Waals surface area contributed by atoms with Gasteiger partial charge in [0.25, 0.3) is 0 Å². The molecule has 0 unspecified atom stereocenters. The van der Waals surface area contributed by atoms with E-state index < -0.39 is 0 Å². The van der Waals surface area contributed by atoms with E-state index in [0.29, 0.717) is 6.61 Å². The fourth-order valence-corrected chi connectivity index (χ4v) is 2.91. The lowest BCUT2D eigenvalue weighted by molar-refractivity contribution is 0.0322. The molecule has 3 rings (SSSR count). The van der Waals surface area contributed by atoms with Crippen LogP contribution in [0.4, 0.5) is 0 Å². The molecular formula is C22H27NO4. The van der Waals surface area contributed by atoms with Crippen molar-refractivity contribution in [1.29, 1.82) is 0 Å². The molecule has 1 aliphatic heterocycles. The number of hydrogen-bond donors (Lipinski definition) is 0. The van der Waals surface area contributed by atoms with E-state index in [1.807, 2.05) is 36.4 Å². The van der Waals surface area contributed by atoms with Gasteiger partial charge in [-0.3, -0.25) is 4.90 Å². The van der Waals surface area contributed by atoms with E-state index in [4.69, 9.17) is 18.9 Å². The van der Waals surface area contributed by atoms with Gasteiger partial charge in [-0.25, -0.2) is 0 Å². The van der Waals surface area contributed by atoms with Gasteiger partial charge >= 0.3 is 0 Å². The number of benzene rings is 2. The van der Waals surface area contributed by atoms with E-state index in [-0.39, 0.29) is 0 Å². The zero-order valence-corrected chi connectivity index (χ0v) is 16.0. The van der Waals surface area contributed by atoms with Gasteiger partial charge in [-0.1, -0.05) is 24.3 Å². The van der Waals surface area contributed by atoms with Crippen LogP contribution in [-0.2, 0) is 4.74 Å². The Balaban J connectivity index is 1.53. The van der Waals surface area contributed by atoms with Crippen molar-refractivity contribution in [3.63, 3.8) is 0 Å². The van der Waals surface area contributed by atoms with Gasteiger partial charge in [0.05, 0.1) is 27.4 Å². The van der Waals surface area contributed by atoms with Gasteiger partial charge in [0.2, 0.25) is 0 Å². The van der Waals surface area contributed by atoms with Crippen molar-refractivity contribution >= 4 is 12.2 Å². The Kier molecular flexibility index (Phi) is 7.13. The standard InChI is InChI=1S/C22H27NO4/c1-24-21-15-19(16-22(17-21)25-2)4-3-18-5-7-20(8-6-18)27-14-11-23-9-12-26-13-10-23/h3-8,15-17H,9-14H2,1-2H3/b4-3+. The lowest BCUT2D eigenvalue weighted by atomic mass is 10.1. The van der Waals surface area contributed by atoms with E-state index in [0.717, 1.165) is 61.2 Å². The summed E-state index contributed by atoms with van der Waals surface area (Å²) in [6.07, 6.45) is 4.10. The van der Waals surface area contributed by atoms with Gasteiger partial charge in [-0.05, 0) is 35.4 Å². The van der Waals surface area contributed by atoms with Crippen LogP contribution >= 0.6 is 0 Å². The molecule has 2 aromatic rings. The number of rotatable bonds is 8. The average Bonchev–Trinajstić information content (AvgIpc) is 2.73. The number of methoxy groups -OCH3 is 2. The van der Waals surface area contributed by atoms with Gasteiger partial charge in [-0.2, -0.15) is 0 Å². The maximum absolute atomic E-state index is 5.85. The van der Waals surface area contributed by atoms with Crippen LogP contribution in [-0.4, -0.2) is 58.6 Å². The number of ether oxygens (including phenoxy) is 4. The summed E-state index contributed by atoms with van der Waals surface area (Å²) in [6, 6.07) is 13.9. The Labute approximate surface area is 161 Å². The lowest BCUT2D eigenvalue weighted by Crippen LogP contribution is -2.38. The highest BCUT2D eigenvalue weighted by molar-refractivity contribution is 5.71. The molecule has 1 saturated heterocycles. The third kappa shape index (κ3) is 6.01. The first-order chi connectivity index (χ1) is 13.3. The summed E-state index contributed by atoms with van der Waals surface area (Å²) in [4.78, 5) is 2.36. The SMILES string of the molecule is COc1cc(/C=C/c2ccc(OCCN3CCOCC3)cc2)cc(OC)c1. The summed E-state index contributed by atoms with van der Waals surface area (Å²) >= 11 is 0. The summed E-state index contributed by atoms with van der Waals surface area (Å²) in [5.74, 6) is 2.44. The van der Waals surface area contributed by atoms with Crippen LogP contribution in [0.15, 0.2) is 42.5 Å². The van der Waals surface area contributed by atoms with E-state index in [1.54, 1.807) is 14.2 Å². The highest BCUT2D eigenvalue weighted by atomic mass is 16.5. The molecule has 5 nitrogen and oxygen atoms in total. The maximum atomic E-state index is 5.85. The number of nitrogens with zero attached hydrogens (tertiary/aromatic N) is 1. The molecule has 5 heteroatoms. The second kappa shape index (κ2) is 10.00. The van der Waals surface area contributed by atoms with E-state index in [9.17, 15) is 0 Å². The van der Waals surface area contributed by atoms with Crippen molar-refractivity contribution in [3.05, 3.63) is 53.6 Å². The van der Waals surface area contributed by atoms with Crippen LogP contribution in [0.3, 0.4) is 0 Å². The molecule has 27 heavy (non-hydrogen) atoms. The lowest BCUT2D eigenvalue weighted by Gasteiger charge is -2.26. The molecule has 1 aliphatic rings. The molecule has 0 atom stereocenters. The van der Waals surface area contributed by atoms with Crippen molar-refractivity contribution in [1.82, 2.24) is 4.90 Å². The summed E-state index contributed by atoms with van der Waals surface area (Å²) < 4.78 is 21.8. The predicted molar refractivity (Wildman–Crippen MR) is 108 cm³/mol. The fourth-order valence-electron chi connectivity index (χ4n) is 2.91. The van der Waals surface area contributed by atoms with Crippen LogP contribution in [0.25, 0.3) is 12.2 Å². The highest BCUT2D eigenvalue weighted by Crippen LogP contribution is 2.24. The highest BCUT2D eigenvalue weighted by Gasteiger charge is 2.09. The first kappa shape index (κ1) is 19.3. The Morgan fingerprint density at radius 2 is 1.48 bits per heavy atom. The molecule has 1 fully saturated rings. The van der Waals surface area contributed by atoms with E-state index >= 15 is 0 Å². The molecule has 0 aliphatic carbocycles. The second-order valence-corrected chi connectivity index (χ2v) is 6.35. The minimum atomic E-state index is 0.693. The molecule has 144 valence electrons. The largest absolute Gasteiger partial charge is 0.497 e. The van der Waals surface area contributed by atoms with Gasteiger partial charge in [0, 0.05) is 25.7 Å². The minimum Gasteiger partial charge on any atom is -0.497 e. The number of morpholine rings is 1. The maximum Gasteiger partial charge on any atom is 0.123 e. The molecule has 1 heterocycles. The summed E-state index contributed by atoms with van der Waals surface area (Å²) in [5, 5.41) is 0. The normalized spacial score (nSPS) is 15.0. The van der Waals surface area contributed by atoms with Gasteiger partial charge in [0.1, 0.15) is 23.9 Å². The number of hydrogen-bond acceptors (Lipinski definition) is 5. The molecule has 0 amide bonds. The zero-order chi connectivity index (χ0) is 18.9. The fraction of sp³-hybridized carbons (Fsp3) is 0.364. The molecule has 0 N–H and O–H groups in total. The van der Waals surface area contributed by atoms with Crippen molar-refractivity contribution in [2.45, 2.75) is 0 Å².